The van der Waals surface area contributed by atoms with Gasteiger partial charge < -0.3 is 15.0 Å². The number of aryl methyl sites for hydroxylation is 1. The highest BCUT2D eigenvalue weighted by Gasteiger charge is 2.57. The molecule has 6 rings (SSSR count). The van der Waals surface area contributed by atoms with E-state index in [9.17, 15) is 14.3 Å². The number of benzene rings is 1. The van der Waals surface area contributed by atoms with Gasteiger partial charge in [-0.2, -0.15) is 0 Å². The Kier molecular flexibility index (Phi) is 4.32. The van der Waals surface area contributed by atoms with Crippen LogP contribution in [0.15, 0.2) is 36.7 Å². The van der Waals surface area contributed by atoms with E-state index in [4.69, 9.17) is 0 Å². The van der Waals surface area contributed by atoms with E-state index in [0.717, 1.165) is 37.7 Å². The van der Waals surface area contributed by atoms with Crippen molar-refractivity contribution in [3.63, 3.8) is 0 Å². The lowest BCUT2D eigenvalue weighted by Gasteiger charge is -2.60. The Hall–Kier alpha value is -2.21. The van der Waals surface area contributed by atoms with Gasteiger partial charge in [-0.25, -0.2) is 9.37 Å². The number of amides is 1. The number of nitrogens with zero attached hydrogens (tertiary/aromatic N) is 2. The van der Waals surface area contributed by atoms with E-state index in [1.165, 1.54) is 18.6 Å². The molecule has 2 aromatic rings. The predicted octanol–water partition coefficient (Wildman–Crippen LogP) is 3.49. The molecule has 4 aliphatic carbocycles. The first-order chi connectivity index (χ1) is 13.8. The molecule has 4 bridgehead atoms. The summed E-state index contributed by atoms with van der Waals surface area (Å²) in [6.07, 6.45) is 9.81. The van der Waals surface area contributed by atoms with Gasteiger partial charge in [0.05, 0.1) is 5.60 Å². The Balaban J connectivity index is 1.37. The summed E-state index contributed by atoms with van der Waals surface area (Å²) < 4.78 is 15.3. The molecule has 5 nitrogen and oxygen atoms in total. The molecule has 0 aliphatic heterocycles. The van der Waals surface area contributed by atoms with Crippen LogP contribution in [0.4, 0.5) is 4.39 Å². The molecule has 0 spiro atoms. The zero-order valence-corrected chi connectivity index (χ0v) is 16.8. The largest absolute Gasteiger partial charge is 0.390 e. The van der Waals surface area contributed by atoms with E-state index in [1.54, 1.807) is 18.3 Å². The summed E-state index contributed by atoms with van der Waals surface area (Å²) in [5.74, 6) is 1.50. The zero-order valence-electron chi connectivity index (χ0n) is 16.8. The number of hydrogen-bond donors (Lipinski definition) is 2. The average Bonchev–Trinajstić information content (AvgIpc) is 3.03. The summed E-state index contributed by atoms with van der Waals surface area (Å²) >= 11 is 0. The molecule has 0 radical (unpaired) electrons. The molecule has 3 atom stereocenters. The first-order valence-electron chi connectivity index (χ1n) is 10.6. The minimum absolute atomic E-state index is 0.0205. The van der Waals surface area contributed by atoms with Crippen molar-refractivity contribution in [2.75, 3.05) is 0 Å². The second-order valence-electron chi connectivity index (χ2n) is 9.81. The summed E-state index contributed by atoms with van der Waals surface area (Å²) in [4.78, 5) is 17.6. The summed E-state index contributed by atoms with van der Waals surface area (Å²) in [6, 6.07) is 5.78. The van der Waals surface area contributed by atoms with Gasteiger partial charge in [-0.05, 0) is 73.5 Å². The summed E-state index contributed by atoms with van der Waals surface area (Å²) in [6.45, 7) is 0. The molecular weight excluding hydrogens is 369 g/mol. The number of aromatic nitrogens is 2. The van der Waals surface area contributed by atoms with Gasteiger partial charge in [-0.1, -0.05) is 12.1 Å². The first-order valence-corrected chi connectivity index (χ1v) is 10.6. The molecule has 3 unspecified atom stereocenters. The quantitative estimate of drug-likeness (QED) is 0.812. The molecule has 4 fully saturated rings. The van der Waals surface area contributed by atoms with Crippen LogP contribution in [-0.4, -0.2) is 26.2 Å². The van der Waals surface area contributed by atoms with Crippen molar-refractivity contribution in [3.8, 4) is 0 Å². The summed E-state index contributed by atoms with van der Waals surface area (Å²) in [5.41, 5.74) is 0.149. The molecule has 1 heterocycles. The minimum atomic E-state index is -0.569. The Bertz CT molecular complexity index is 908. The van der Waals surface area contributed by atoms with E-state index in [1.807, 2.05) is 17.8 Å². The number of nitrogens with one attached hydrogen (secondary N) is 1. The maximum Gasteiger partial charge on any atom is 0.221 e. The normalized spacial score (nSPS) is 33.6. The van der Waals surface area contributed by atoms with Gasteiger partial charge in [0.2, 0.25) is 5.91 Å². The lowest BCUT2D eigenvalue weighted by Crippen LogP contribution is -2.56. The molecule has 1 amide bonds. The number of halogens is 1. The zero-order chi connectivity index (χ0) is 20.2. The predicted molar refractivity (Wildman–Crippen MR) is 106 cm³/mol. The van der Waals surface area contributed by atoms with Crippen LogP contribution in [0.5, 0.6) is 0 Å². The van der Waals surface area contributed by atoms with Crippen LogP contribution in [-0.2, 0) is 11.8 Å². The minimum Gasteiger partial charge on any atom is -0.390 e. The summed E-state index contributed by atoms with van der Waals surface area (Å²) in [7, 11) is 1.89. The van der Waals surface area contributed by atoms with Crippen LogP contribution in [0, 0.1) is 23.1 Å². The van der Waals surface area contributed by atoms with Crippen molar-refractivity contribution in [2.45, 2.75) is 56.6 Å². The van der Waals surface area contributed by atoms with Gasteiger partial charge in [0, 0.05) is 25.9 Å². The van der Waals surface area contributed by atoms with E-state index >= 15 is 0 Å². The number of aliphatic hydroxyl groups is 1. The Morgan fingerprint density at radius 2 is 1.97 bits per heavy atom. The van der Waals surface area contributed by atoms with Crippen LogP contribution < -0.4 is 5.32 Å². The molecule has 29 heavy (non-hydrogen) atoms. The highest BCUT2D eigenvalue weighted by atomic mass is 19.1. The van der Waals surface area contributed by atoms with Crippen molar-refractivity contribution in [1.82, 2.24) is 14.9 Å². The third-order valence-corrected chi connectivity index (χ3v) is 7.31. The van der Waals surface area contributed by atoms with Crippen LogP contribution in [0.25, 0.3) is 0 Å². The number of imidazole rings is 1. The van der Waals surface area contributed by atoms with Gasteiger partial charge in [0.15, 0.2) is 0 Å². The third kappa shape index (κ3) is 3.48. The Labute approximate surface area is 170 Å². The smallest absolute Gasteiger partial charge is 0.221 e. The molecule has 4 aliphatic rings. The molecule has 4 saturated carbocycles. The standard InChI is InChI=1S/C23H28FN3O2/c1-27-7-6-25-21(27)20(17-2-4-18(24)5-3-17)26-19(28)13-22-9-15-8-16(10-22)12-23(29,11-15)14-22/h2-7,15-16,20,29H,8-14H2,1H3,(H,26,28). The van der Waals surface area contributed by atoms with Crippen molar-refractivity contribution in [2.24, 2.45) is 24.3 Å². The van der Waals surface area contributed by atoms with Gasteiger partial charge in [0.25, 0.3) is 0 Å². The highest BCUT2D eigenvalue weighted by molar-refractivity contribution is 5.77. The Morgan fingerprint density at radius 1 is 1.28 bits per heavy atom. The highest BCUT2D eigenvalue weighted by Crippen LogP contribution is 2.62. The SMILES string of the molecule is Cn1ccnc1C(NC(=O)CC12CC3CC(CC(O)(C3)C1)C2)c1ccc(F)cc1. The first kappa shape index (κ1) is 18.8. The fraction of sp³-hybridized carbons (Fsp3) is 0.565. The van der Waals surface area contributed by atoms with Crippen LogP contribution >= 0.6 is 0 Å². The molecular formula is C23H28FN3O2. The van der Waals surface area contributed by atoms with Crippen molar-refractivity contribution in [3.05, 3.63) is 53.9 Å². The molecule has 1 aromatic carbocycles. The van der Waals surface area contributed by atoms with Crippen molar-refractivity contribution in [1.29, 1.82) is 0 Å². The Morgan fingerprint density at radius 3 is 2.55 bits per heavy atom. The van der Waals surface area contributed by atoms with Crippen LogP contribution in [0.3, 0.4) is 0 Å². The second kappa shape index (κ2) is 6.66. The fourth-order valence-electron chi connectivity index (χ4n) is 6.77. The molecule has 154 valence electrons. The molecule has 1 aromatic heterocycles. The van der Waals surface area contributed by atoms with Gasteiger partial charge in [0.1, 0.15) is 17.7 Å². The van der Waals surface area contributed by atoms with Gasteiger partial charge in [-0.3, -0.25) is 4.79 Å². The molecule has 2 N–H and O–H groups in total. The molecule has 0 saturated heterocycles. The van der Waals surface area contributed by atoms with Crippen LogP contribution in [0.2, 0.25) is 0 Å². The lowest BCUT2D eigenvalue weighted by atomic mass is 9.47. The van der Waals surface area contributed by atoms with Crippen molar-refractivity contribution < 1.29 is 14.3 Å². The van der Waals surface area contributed by atoms with Gasteiger partial charge >= 0.3 is 0 Å². The number of rotatable bonds is 5. The van der Waals surface area contributed by atoms with E-state index in [-0.39, 0.29) is 17.1 Å². The van der Waals surface area contributed by atoms with Crippen LogP contribution in [0.1, 0.15) is 62.4 Å². The maximum atomic E-state index is 13.4. The van der Waals surface area contributed by atoms with Gasteiger partial charge in [-0.15, -0.1) is 0 Å². The summed E-state index contributed by atoms with van der Waals surface area (Å²) in [5, 5.41) is 14.1. The van der Waals surface area contributed by atoms with E-state index in [0.29, 0.717) is 24.1 Å². The number of carbonyl (C=O) groups is 1. The van der Waals surface area contributed by atoms with E-state index < -0.39 is 11.6 Å². The average molecular weight is 397 g/mol. The lowest BCUT2D eigenvalue weighted by molar-refractivity contribution is -0.169. The third-order valence-electron chi connectivity index (χ3n) is 7.31. The maximum absolute atomic E-state index is 13.4. The van der Waals surface area contributed by atoms with Crippen molar-refractivity contribution >= 4 is 5.91 Å². The second-order valence-corrected chi connectivity index (χ2v) is 9.81. The number of carbonyl (C=O) groups excluding carboxylic acids is 1. The molecule has 6 heteroatoms. The fourth-order valence-corrected chi connectivity index (χ4v) is 6.77. The topological polar surface area (TPSA) is 67.2 Å². The monoisotopic (exact) mass is 397 g/mol. The van der Waals surface area contributed by atoms with E-state index in [2.05, 4.69) is 10.3 Å². The number of hydrogen-bond acceptors (Lipinski definition) is 3.